The van der Waals surface area contributed by atoms with E-state index in [0.29, 0.717) is 6.42 Å². The summed E-state index contributed by atoms with van der Waals surface area (Å²) in [7, 11) is -1.40. The van der Waals surface area contributed by atoms with E-state index in [1.54, 1.807) is 19.1 Å². The Kier molecular flexibility index (Phi) is 4.77. The summed E-state index contributed by atoms with van der Waals surface area (Å²) in [6.45, 7) is 3.61. The number of para-hydroxylation sites is 1. The van der Waals surface area contributed by atoms with Crippen LogP contribution < -0.4 is 5.73 Å². The van der Waals surface area contributed by atoms with E-state index in [1.165, 1.54) is 12.1 Å². The molecule has 1 aromatic rings. The third kappa shape index (κ3) is 3.61. The Morgan fingerprint density at radius 3 is 2.53 bits per heavy atom. The van der Waals surface area contributed by atoms with Gasteiger partial charge in [-0.15, -0.1) is 0 Å². The van der Waals surface area contributed by atoms with Gasteiger partial charge in [-0.25, -0.2) is 0 Å². The first-order valence-electron chi connectivity index (χ1n) is 5.33. The average Bonchev–Trinajstić information content (AvgIpc) is 2.27. The normalized spacial score (nSPS) is 16.2. The van der Waals surface area contributed by atoms with Crippen molar-refractivity contribution in [1.29, 1.82) is 0 Å². The van der Waals surface area contributed by atoms with Gasteiger partial charge in [0, 0.05) is 17.4 Å². The Morgan fingerprint density at radius 2 is 2.00 bits per heavy atom. The molecule has 1 rings (SSSR count). The van der Waals surface area contributed by atoms with Crippen molar-refractivity contribution >= 4 is 16.5 Å². The number of hydrogen-bond acceptors (Lipinski definition) is 4. The summed E-state index contributed by atoms with van der Waals surface area (Å²) in [6.07, 6.45) is 0.568. The summed E-state index contributed by atoms with van der Waals surface area (Å²) in [5.74, 6) is 0. The van der Waals surface area contributed by atoms with Crippen LogP contribution >= 0.6 is 0 Å². The number of nitro benzene ring substituents is 1. The molecule has 0 heterocycles. The Bertz CT molecular complexity index is 434. The SMILES string of the molecule is CC(N)CC(C)S(=O)c1ccccc1[N+](=O)[O-]. The Hall–Kier alpha value is -1.27. The quantitative estimate of drug-likeness (QED) is 0.643. The predicted octanol–water partition coefficient (Wildman–Crippen LogP) is 1.83. The molecule has 0 spiro atoms. The Morgan fingerprint density at radius 1 is 1.41 bits per heavy atom. The van der Waals surface area contributed by atoms with Crippen molar-refractivity contribution in [2.24, 2.45) is 5.73 Å². The predicted molar refractivity (Wildman–Crippen MR) is 67.2 cm³/mol. The average molecular weight is 256 g/mol. The van der Waals surface area contributed by atoms with Crippen LogP contribution in [0.1, 0.15) is 20.3 Å². The molecule has 5 nitrogen and oxygen atoms in total. The maximum absolute atomic E-state index is 12.2. The third-order valence-corrected chi connectivity index (χ3v) is 4.05. The van der Waals surface area contributed by atoms with E-state index in [-0.39, 0.29) is 21.9 Å². The lowest BCUT2D eigenvalue weighted by Crippen LogP contribution is -2.24. The maximum Gasteiger partial charge on any atom is 0.285 e. The molecule has 0 fully saturated rings. The summed E-state index contributed by atoms with van der Waals surface area (Å²) in [5.41, 5.74) is 5.54. The van der Waals surface area contributed by atoms with Crippen molar-refractivity contribution < 1.29 is 9.13 Å². The lowest BCUT2D eigenvalue weighted by atomic mass is 10.2. The molecule has 0 aliphatic carbocycles. The second kappa shape index (κ2) is 5.88. The number of hydrogen-bond donors (Lipinski definition) is 1. The van der Waals surface area contributed by atoms with E-state index in [1.807, 2.05) is 6.92 Å². The zero-order valence-corrected chi connectivity index (χ0v) is 10.6. The highest BCUT2D eigenvalue weighted by atomic mass is 32.2. The van der Waals surface area contributed by atoms with Crippen LogP contribution in [0.25, 0.3) is 0 Å². The van der Waals surface area contributed by atoms with Crippen LogP contribution in [0.15, 0.2) is 29.2 Å². The van der Waals surface area contributed by atoms with Crippen molar-refractivity contribution in [3.8, 4) is 0 Å². The standard InChI is InChI=1S/C11H16N2O3S/c1-8(12)7-9(2)17(16)11-6-4-3-5-10(11)13(14)15/h3-6,8-9H,7,12H2,1-2H3. The van der Waals surface area contributed by atoms with Crippen molar-refractivity contribution in [2.45, 2.75) is 36.5 Å². The van der Waals surface area contributed by atoms with Gasteiger partial charge < -0.3 is 5.73 Å². The molecule has 1 aromatic carbocycles. The minimum atomic E-state index is -1.40. The largest absolute Gasteiger partial charge is 0.328 e. The number of nitro groups is 1. The van der Waals surface area contributed by atoms with Crippen molar-refractivity contribution in [2.75, 3.05) is 0 Å². The van der Waals surface area contributed by atoms with Gasteiger partial charge in [0.05, 0.1) is 15.7 Å². The van der Waals surface area contributed by atoms with Gasteiger partial charge in [0.15, 0.2) is 0 Å². The van der Waals surface area contributed by atoms with Crippen LogP contribution in [-0.2, 0) is 10.8 Å². The van der Waals surface area contributed by atoms with Crippen LogP contribution in [0, 0.1) is 10.1 Å². The molecule has 0 aliphatic heterocycles. The summed E-state index contributed by atoms with van der Waals surface area (Å²) in [4.78, 5) is 10.6. The van der Waals surface area contributed by atoms with E-state index in [0.717, 1.165) is 0 Å². The van der Waals surface area contributed by atoms with Crippen LogP contribution in [0.4, 0.5) is 5.69 Å². The Balaban J connectivity index is 3.00. The summed E-state index contributed by atoms with van der Waals surface area (Å²) >= 11 is 0. The molecule has 0 aliphatic rings. The van der Waals surface area contributed by atoms with Gasteiger partial charge in [-0.3, -0.25) is 14.3 Å². The van der Waals surface area contributed by atoms with Gasteiger partial charge in [-0.05, 0) is 19.4 Å². The molecule has 17 heavy (non-hydrogen) atoms. The number of nitrogens with zero attached hydrogens (tertiary/aromatic N) is 1. The van der Waals surface area contributed by atoms with Crippen molar-refractivity contribution in [1.82, 2.24) is 0 Å². The van der Waals surface area contributed by atoms with E-state index in [9.17, 15) is 14.3 Å². The van der Waals surface area contributed by atoms with Crippen LogP contribution in [0.2, 0.25) is 0 Å². The summed E-state index contributed by atoms with van der Waals surface area (Å²) in [5, 5.41) is 10.6. The highest BCUT2D eigenvalue weighted by Gasteiger charge is 2.22. The fraction of sp³-hybridized carbons (Fsp3) is 0.455. The monoisotopic (exact) mass is 256 g/mol. The molecular formula is C11H16N2O3S. The lowest BCUT2D eigenvalue weighted by molar-refractivity contribution is -0.387. The first-order valence-corrected chi connectivity index (χ1v) is 6.54. The van der Waals surface area contributed by atoms with Crippen molar-refractivity contribution in [3.05, 3.63) is 34.4 Å². The van der Waals surface area contributed by atoms with Crippen LogP contribution in [0.5, 0.6) is 0 Å². The zero-order chi connectivity index (χ0) is 13.0. The number of rotatable bonds is 5. The molecule has 0 saturated heterocycles. The fourth-order valence-corrected chi connectivity index (χ4v) is 3.08. The van der Waals surface area contributed by atoms with Gasteiger partial charge in [0.25, 0.3) is 5.69 Å². The van der Waals surface area contributed by atoms with E-state index >= 15 is 0 Å². The van der Waals surface area contributed by atoms with Gasteiger partial charge in [0.1, 0.15) is 4.90 Å². The molecule has 0 aromatic heterocycles. The first-order chi connectivity index (χ1) is 7.93. The molecule has 0 radical (unpaired) electrons. The van der Waals surface area contributed by atoms with Gasteiger partial charge >= 0.3 is 0 Å². The topological polar surface area (TPSA) is 86.2 Å². The molecular weight excluding hydrogens is 240 g/mol. The summed E-state index contributed by atoms with van der Waals surface area (Å²) in [6, 6.07) is 6.04. The molecule has 3 atom stereocenters. The molecule has 0 amide bonds. The second-order valence-electron chi connectivity index (χ2n) is 4.05. The van der Waals surface area contributed by atoms with Crippen molar-refractivity contribution in [3.63, 3.8) is 0 Å². The minimum Gasteiger partial charge on any atom is -0.328 e. The van der Waals surface area contributed by atoms with Gasteiger partial charge in [0.2, 0.25) is 0 Å². The minimum absolute atomic E-state index is 0.0725. The number of benzene rings is 1. The lowest BCUT2D eigenvalue weighted by Gasteiger charge is -2.13. The second-order valence-corrected chi connectivity index (χ2v) is 5.89. The van der Waals surface area contributed by atoms with Gasteiger partial charge in [-0.1, -0.05) is 19.1 Å². The molecule has 0 saturated carbocycles. The van der Waals surface area contributed by atoms with Crippen LogP contribution in [-0.4, -0.2) is 20.4 Å². The Labute approximate surface area is 103 Å². The van der Waals surface area contributed by atoms with E-state index in [2.05, 4.69) is 0 Å². The fourth-order valence-electron chi connectivity index (χ4n) is 1.61. The van der Waals surface area contributed by atoms with Gasteiger partial charge in [-0.2, -0.15) is 0 Å². The molecule has 94 valence electrons. The smallest absolute Gasteiger partial charge is 0.285 e. The highest BCUT2D eigenvalue weighted by Crippen LogP contribution is 2.24. The number of nitrogens with two attached hydrogens (primary N) is 1. The highest BCUT2D eigenvalue weighted by molar-refractivity contribution is 7.85. The third-order valence-electron chi connectivity index (χ3n) is 2.35. The van der Waals surface area contributed by atoms with E-state index < -0.39 is 15.7 Å². The molecule has 2 N–H and O–H groups in total. The first kappa shape index (κ1) is 13.8. The van der Waals surface area contributed by atoms with E-state index in [4.69, 9.17) is 5.73 Å². The molecule has 3 unspecified atom stereocenters. The molecule has 6 heteroatoms. The zero-order valence-electron chi connectivity index (χ0n) is 9.83. The summed E-state index contributed by atoms with van der Waals surface area (Å²) < 4.78 is 12.2. The van der Waals surface area contributed by atoms with Crippen LogP contribution in [0.3, 0.4) is 0 Å². The maximum atomic E-state index is 12.2. The molecule has 0 bridgehead atoms.